The molecule has 0 aliphatic rings. The van der Waals surface area contributed by atoms with E-state index < -0.39 is 0 Å². The third kappa shape index (κ3) is 2.90. The summed E-state index contributed by atoms with van der Waals surface area (Å²) in [6.45, 7) is 1.99. The van der Waals surface area contributed by atoms with E-state index in [1.807, 2.05) is 25.1 Å². The summed E-state index contributed by atoms with van der Waals surface area (Å²) < 4.78 is 6.76. The number of hydrogen-bond acceptors (Lipinski definition) is 2. The van der Waals surface area contributed by atoms with Crippen molar-refractivity contribution in [1.29, 1.82) is 5.41 Å². The number of rotatable bonds is 3. The van der Waals surface area contributed by atoms with Crippen LogP contribution in [0.2, 0.25) is 0 Å². The Morgan fingerprint density at radius 1 is 1.17 bits per heavy atom. The number of hydrogen-bond donors (Lipinski definition) is 2. The molecular formula is C14H13BrN2O. The molecule has 0 aromatic heterocycles. The molecule has 4 heteroatoms. The maximum Gasteiger partial charge on any atom is 0.131 e. The van der Waals surface area contributed by atoms with Crippen LogP contribution in [-0.2, 0) is 0 Å². The van der Waals surface area contributed by atoms with Crippen LogP contribution in [0.1, 0.15) is 11.1 Å². The van der Waals surface area contributed by atoms with Crippen molar-refractivity contribution in [3.05, 3.63) is 58.1 Å². The van der Waals surface area contributed by atoms with Crippen molar-refractivity contribution in [2.75, 3.05) is 0 Å². The fourth-order valence-electron chi connectivity index (χ4n) is 1.51. The van der Waals surface area contributed by atoms with Gasteiger partial charge in [-0.15, -0.1) is 0 Å². The molecule has 0 aliphatic carbocycles. The smallest absolute Gasteiger partial charge is 0.131 e. The van der Waals surface area contributed by atoms with Crippen LogP contribution in [0.3, 0.4) is 0 Å². The van der Waals surface area contributed by atoms with E-state index in [0.717, 1.165) is 21.5 Å². The van der Waals surface area contributed by atoms with E-state index in [0.29, 0.717) is 5.56 Å². The van der Waals surface area contributed by atoms with Crippen LogP contribution in [0.4, 0.5) is 0 Å². The van der Waals surface area contributed by atoms with E-state index in [2.05, 4.69) is 15.9 Å². The van der Waals surface area contributed by atoms with Crippen molar-refractivity contribution in [1.82, 2.24) is 0 Å². The summed E-state index contributed by atoms with van der Waals surface area (Å²) in [5.74, 6) is 1.58. The molecule has 0 bridgehead atoms. The van der Waals surface area contributed by atoms with Crippen LogP contribution in [0.25, 0.3) is 0 Å². The first-order valence-corrected chi connectivity index (χ1v) is 6.24. The highest BCUT2D eigenvalue weighted by atomic mass is 79.9. The average molecular weight is 305 g/mol. The van der Waals surface area contributed by atoms with Crippen molar-refractivity contribution < 1.29 is 4.74 Å². The van der Waals surface area contributed by atoms with Crippen LogP contribution in [0.15, 0.2) is 46.9 Å². The zero-order valence-corrected chi connectivity index (χ0v) is 11.5. The maximum atomic E-state index is 7.32. The Morgan fingerprint density at radius 3 is 2.44 bits per heavy atom. The molecule has 3 N–H and O–H groups in total. The van der Waals surface area contributed by atoms with Crippen molar-refractivity contribution >= 4 is 21.8 Å². The molecule has 0 saturated carbocycles. The van der Waals surface area contributed by atoms with Crippen molar-refractivity contribution in [2.45, 2.75) is 6.92 Å². The second kappa shape index (κ2) is 5.23. The Balaban J connectivity index is 2.23. The number of benzene rings is 2. The molecule has 0 aliphatic heterocycles. The van der Waals surface area contributed by atoms with Gasteiger partial charge in [0.15, 0.2) is 0 Å². The Kier molecular flexibility index (Phi) is 3.67. The lowest BCUT2D eigenvalue weighted by atomic mass is 10.2. The molecule has 0 atom stereocenters. The van der Waals surface area contributed by atoms with Crippen LogP contribution >= 0.6 is 15.9 Å². The number of nitrogens with one attached hydrogen (secondary N) is 1. The Bertz CT molecular complexity index is 579. The first kappa shape index (κ1) is 12.6. The normalized spacial score (nSPS) is 10.1. The van der Waals surface area contributed by atoms with E-state index >= 15 is 0 Å². The molecule has 18 heavy (non-hydrogen) atoms. The number of ether oxygens (including phenoxy) is 1. The molecule has 0 spiro atoms. The first-order valence-electron chi connectivity index (χ1n) is 5.45. The third-order valence-corrected chi connectivity index (χ3v) is 3.04. The Labute approximate surface area is 114 Å². The summed E-state index contributed by atoms with van der Waals surface area (Å²) in [5, 5.41) is 7.32. The van der Waals surface area contributed by atoms with Crippen molar-refractivity contribution in [2.24, 2.45) is 5.73 Å². The van der Waals surface area contributed by atoms with Gasteiger partial charge in [0.1, 0.15) is 17.3 Å². The standard InChI is InChI=1S/C14H13BrN2O/c1-9-2-5-11(15)8-13(9)18-12-6-3-10(4-7-12)14(16)17/h2-8H,1H3,(H3,16,17). The minimum absolute atomic E-state index is 0.0557. The third-order valence-electron chi connectivity index (χ3n) is 2.54. The van der Waals surface area contributed by atoms with Gasteiger partial charge in [-0.1, -0.05) is 22.0 Å². The van der Waals surface area contributed by atoms with Gasteiger partial charge >= 0.3 is 0 Å². The van der Waals surface area contributed by atoms with Gasteiger partial charge in [-0.05, 0) is 48.9 Å². The minimum atomic E-state index is 0.0557. The lowest BCUT2D eigenvalue weighted by Crippen LogP contribution is -2.10. The van der Waals surface area contributed by atoms with E-state index in [1.165, 1.54) is 0 Å². The monoisotopic (exact) mass is 304 g/mol. The number of aryl methyl sites for hydroxylation is 1. The quantitative estimate of drug-likeness (QED) is 0.668. The predicted molar refractivity (Wildman–Crippen MR) is 76.4 cm³/mol. The number of nitrogen functional groups attached to an aromatic ring is 1. The number of nitrogens with two attached hydrogens (primary N) is 1. The van der Waals surface area contributed by atoms with Gasteiger partial charge in [-0.25, -0.2) is 0 Å². The summed E-state index contributed by atoms with van der Waals surface area (Å²) in [5.41, 5.74) is 7.15. The van der Waals surface area contributed by atoms with Crippen LogP contribution in [0, 0.1) is 12.3 Å². The predicted octanol–water partition coefficient (Wildman–Crippen LogP) is 3.83. The van der Waals surface area contributed by atoms with Gasteiger partial charge in [-0.2, -0.15) is 0 Å². The zero-order valence-electron chi connectivity index (χ0n) is 9.91. The maximum absolute atomic E-state index is 7.32. The summed E-state index contributed by atoms with van der Waals surface area (Å²) in [7, 11) is 0. The zero-order chi connectivity index (χ0) is 13.1. The SMILES string of the molecule is Cc1ccc(Br)cc1Oc1ccc(C(=N)N)cc1. The van der Waals surface area contributed by atoms with Gasteiger partial charge in [0.05, 0.1) is 0 Å². The fraction of sp³-hybridized carbons (Fsp3) is 0.0714. The topological polar surface area (TPSA) is 59.1 Å². The van der Waals surface area contributed by atoms with Crippen molar-refractivity contribution in [3.8, 4) is 11.5 Å². The van der Waals surface area contributed by atoms with Gasteiger partial charge in [0.25, 0.3) is 0 Å². The van der Waals surface area contributed by atoms with Gasteiger partial charge < -0.3 is 10.5 Å². The van der Waals surface area contributed by atoms with Gasteiger partial charge in [0.2, 0.25) is 0 Å². The van der Waals surface area contributed by atoms with E-state index in [4.69, 9.17) is 15.9 Å². The first-order chi connectivity index (χ1) is 8.56. The van der Waals surface area contributed by atoms with E-state index in [9.17, 15) is 0 Å². The van der Waals surface area contributed by atoms with E-state index in [1.54, 1.807) is 24.3 Å². The average Bonchev–Trinajstić information content (AvgIpc) is 2.34. The largest absolute Gasteiger partial charge is 0.457 e. The molecular weight excluding hydrogens is 292 g/mol. The molecule has 3 nitrogen and oxygen atoms in total. The van der Waals surface area contributed by atoms with Gasteiger partial charge in [-0.3, -0.25) is 5.41 Å². The molecule has 0 saturated heterocycles. The molecule has 0 amide bonds. The van der Waals surface area contributed by atoms with E-state index in [-0.39, 0.29) is 5.84 Å². The molecule has 92 valence electrons. The highest BCUT2D eigenvalue weighted by molar-refractivity contribution is 9.10. The summed E-state index contributed by atoms with van der Waals surface area (Å²) in [6, 6.07) is 13.0. The molecule has 0 heterocycles. The molecule has 0 fully saturated rings. The number of amidine groups is 1. The Hall–Kier alpha value is -1.81. The van der Waals surface area contributed by atoms with Crippen LogP contribution < -0.4 is 10.5 Å². The number of halogens is 1. The van der Waals surface area contributed by atoms with Gasteiger partial charge in [0, 0.05) is 10.0 Å². The Morgan fingerprint density at radius 2 is 1.83 bits per heavy atom. The summed E-state index contributed by atoms with van der Waals surface area (Å²) in [4.78, 5) is 0. The fourth-order valence-corrected chi connectivity index (χ4v) is 1.85. The minimum Gasteiger partial charge on any atom is -0.457 e. The molecule has 2 aromatic carbocycles. The highest BCUT2D eigenvalue weighted by Gasteiger charge is 2.03. The lowest BCUT2D eigenvalue weighted by Gasteiger charge is -2.09. The second-order valence-corrected chi connectivity index (χ2v) is 4.87. The lowest BCUT2D eigenvalue weighted by molar-refractivity contribution is 0.478. The molecule has 2 aromatic rings. The van der Waals surface area contributed by atoms with Crippen LogP contribution in [0.5, 0.6) is 11.5 Å². The summed E-state index contributed by atoms with van der Waals surface area (Å²) in [6.07, 6.45) is 0. The molecule has 2 rings (SSSR count). The summed E-state index contributed by atoms with van der Waals surface area (Å²) >= 11 is 3.42. The second-order valence-electron chi connectivity index (χ2n) is 3.95. The van der Waals surface area contributed by atoms with Crippen LogP contribution in [-0.4, -0.2) is 5.84 Å². The molecule has 0 radical (unpaired) electrons. The van der Waals surface area contributed by atoms with Crippen molar-refractivity contribution in [3.63, 3.8) is 0 Å². The highest BCUT2D eigenvalue weighted by Crippen LogP contribution is 2.28. The molecule has 0 unspecified atom stereocenters.